The molecule has 0 saturated heterocycles. The molecule has 0 saturated carbocycles. The quantitative estimate of drug-likeness (QED) is 0.912. The Morgan fingerprint density at radius 3 is 2.57 bits per heavy atom. The molecule has 0 bridgehead atoms. The smallest absolute Gasteiger partial charge is 0.257 e. The number of carbonyl (C=O) groups is 1. The van der Waals surface area contributed by atoms with Crippen LogP contribution in [0.3, 0.4) is 0 Å². The largest absolute Gasteiger partial charge is 0.339 e. The van der Waals surface area contributed by atoms with Crippen molar-refractivity contribution in [2.45, 2.75) is 27.7 Å². The van der Waals surface area contributed by atoms with E-state index in [1.807, 2.05) is 13.8 Å². The van der Waals surface area contributed by atoms with Gasteiger partial charge in [-0.25, -0.2) is 9.67 Å². The maximum Gasteiger partial charge on any atom is 0.257 e. The van der Waals surface area contributed by atoms with Gasteiger partial charge in [-0.1, -0.05) is 0 Å². The number of nitrogens with zero attached hydrogens (tertiary/aromatic N) is 4. The van der Waals surface area contributed by atoms with E-state index < -0.39 is 0 Å². The van der Waals surface area contributed by atoms with E-state index in [2.05, 4.69) is 15.1 Å². The summed E-state index contributed by atoms with van der Waals surface area (Å²) in [6.45, 7) is 8.66. The predicted molar refractivity (Wildman–Crippen MR) is 78.7 cm³/mol. The minimum atomic E-state index is -0.246. The van der Waals surface area contributed by atoms with E-state index in [0.29, 0.717) is 36.0 Å². The number of aromatic nitrogens is 4. The third-order valence-electron chi connectivity index (χ3n) is 3.35. The minimum Gasteiger partial charge on any atom is -0.339 e. The summed E-state index contributed by atoms with van der Waals surface area (Å²) < 4.78 is 1.48. The molecule has 0 fully saturated rings. The SMILES string of the molecule is CCN(CC)C(=O)c1cnn(-c2nc(C)cc(=O)[nH]2)c1C. The fraction of sp³-hybridized carbons (Fsp3) is 0.429. The fourth-order valence-corrected chi connectivity index (χ4v) is 2.18. The molecule has 21 heavy (non-hydrogen) atoms. The summed E-state index contributed by atoms with van der Waals surface area (Å²) in [5.41, 5.74) is 1.52. The maximum absolute atomic E-state index is 12.4. The van der Waals surface area contributed by atoms with E-state index in [1.165, 1.54) is 16.9 Å². The molecule has 112 valence electrons. The van der Waals surface area contributed by atoms with Crippen LogP contribution in [0.1, 0.15) is 35.6 Å². The number of nitrogens with one attached hydrogen (secondary N) is 1. The van der Waals surface area contributed by atoms with Crippen molar-refractivity contribution in [2.24, 2.45) is 0 Å². The third kappa shape index (κ3) is 2.86. The molecule has 0 aromatic carbocycles. The van der Waals surface area contributed by atoms with Crippen LogP contribution in [0, 0.1) is 13.8 Å². The normalized spacial score (nSPS) is 10.7. The summed E-state index contributed by atoms with van der Waals surface area (Å²) in [5.74, 6) is 0.245. The summed E-state index contributed by atoms with van der Waals surface area (Å²) in [4.78, 5) is 32.5. The number of aryl methyl sites for hydroxylation is 1. The van der Waals surface area contributed by atoms with Crippen LogP contribution >= 0.6 is 0 Å². The highest BCUT2D eigenvalue weighted by atomic mass is 16.2. The van der Waals surface area contributed by atoms with Gasteiger partial charge < -0.3 is 4.90 Å². The van der Waals surface area contributed by atoms with Gasteiger partial charge in [-0.05, 0) is 27.7 Å². The molecule has 0 radical (unpaired) electrons. The fourth-order valence-electron chi connectivity index (χ4n) is 2.18. The maximum atomic E-state index is 12.4. The van der Waals surface area contributed by atoms with Gasteiger partial charge in [-0.15, -0.1) is 0 Å². The van der Waals surface area contributed by atoms with Gasteiger partial charge in [-0.2, -0.15) is 5.10 Å². The van der Waals surface area contributed by atoms with Crippen molar-refractivity contribution < 1.29 is 4.79 Å². The van der Waals surface area contributed by atoms with Crippen LogP contribution in [0.5, 0.6) is 0 Å². The lowest BCUT2D eigenvalue weighted by molar-refractivity contribution is 0.0772. The predicted octanol–water partition coefficient (Wildman–Crippen LogP) is 1.05. The highest BCUT2D eigenvalue weighted by molar-refractivity contribution is 5.95. The number of carbonyl (C=O) groups excluding carboxylic acids is 1. The van der Waals surface area contributed by atoms with E-state index in [1.54, 1.807) is 18.7 Å². The highest BCUT2D eigenvalue weighted by Gasteiger charge is 2.19. The van der Waals surface area contributed by atoms with E-state index in [0.717, 1.165) is 0 Å². The minimum absolute atomic E-state index is 0.0706. The number of aromatic amines is 1. The van der Waals surface area contributed by atoms with Crippen molar-refractivity contribution in [2.75, 3.05) is 13.1 Å². The van der Waals surface area contributed by atoms with Crippen molar-refractivity contribution in [1.82, 2.24) is 24.6 Å². The van der Waals surface area contributed by atoms with Crippen molar-refractivity contribution >= 4 is 5.91 Å². The Hall–Kier alpha value is -2.44. The first-order valence-corrected chi connectivity index (χ1v) is 6.90. The number of H-pyrrole nitrogens is 1. The van der Waals surface area contributed by atoms with E-state index >= 15 is 0 Å². The molecular formula is C14H19N5O2. The molecule has 0 aliphatic carbocycles. The topological polar surface area (TPSA) is 83.9 Å². The molecule has 0 aliphatic heterocycles. The molecule has 0 atom stereocenters. The Morgan fingerprint density at radius 2 is 2.00 bits per heavy atom. The van der Waals surface area contributed by atoms with Crippen LogP contribution in [0.15, 0.2) is 17.1 Å². The van der Waals surface area contributed by atoms with Gasteiger partial charge in [0.25, 0.3) is 11.5 Å². The molecule has 7 nitrogen and oxygen atoms in total. The average Bonchev–Trinajstić information content (AvgIpc) is 2.80. The second-order valence-corrected chi connectivity index (χ2v) is 4.74. The van der Waals surface area contributed by atoms with Crippen molar-refractivity contribution in [3.05, 3.63) is 39.6 Å². The van der Waals surface area contributed by atoms with Gasteiger partial charge in [0.15, 0.2) is 0 Å². The summed E-state index contributed by atoms with van der Waals surface area (Å²) in [5, 5.41) is 4.18. The lowest BCUT2D eigenvalue weighted by atomic mass is 10.2. The summed E-state index contributed by atoms with van der Waals surface area (Å²) >= 11 is 0. The van der Waals surface area contributed by atoms with Crippen LogP contribution in [-0.4, -0.2) is 43.6 Å². The third-order valence-corrected chi connectivity index (χ3v) is 3.35. The van der Waals surface area contributed by atoms with Crippen molar-refractivity contribution in [1.29, 1.82) is 0 Å². The van der Waals surface area contributed by atoms with E-state index in [9.17, 15) is 9.59 Å². The lowest BCUT2D eigenvalue weighted by Crippen LogP contribution is -2.30. The molecule has 2 rings (SSSR count). The lowest BCUT2D eigenvalue weighted by Gasteiger charge is -2.18. The Balaban J connectivity index is 2.45. The molecule has 1 amide bonds. The zero-order valence-electron chi connectivity index (χ0n) is 12.7. The van der Waals surface area contributed by atoms with Gasteiger partial charge >= 0.3 is 0 Å². The Bertz CT molecular complexity index is 712. The molecule has 2 heterocycles. The van der Waals surface area contributed by atoms with Gasteiger partial charge in [0, 0.05) is 24.8 Å². The van der Waals surface area contributed by atoms with Crippen LogP contribution in [0.2, 0.25) is 0 Å². The molecule has 7 heteroatoms. The van der Waals surface area contributed by atoms with Crippen LogP contribution in [0.4, 0.5) is 0 Å². The van der Waals surface area contributed by atoms with Crippen molar-refractivity contribution in [3.8, 4) is 5.95 Å². The molecule has 2 aromatic heterocycles. The van der Waals surface area contributed by atoms with Gasteiger partial charge in [-0.3, -0.25) is 14.6 Å². The molecule has 0 unspecified atom stereocenters. The van der Waals surface area contributed by atoms with Gasteiger partial charge in [0.05, 0.1) is 17.5 Å². The number of rotatable bonds is 4. The Labute approximate surface area is 122 Å². The second kappa shape index (κ2) is 5.90. The second-order valence-electron chi connectivity index (χ2n) is 4.74. The number of amides is 1. The molecular weight excluding hydrogens is 270 g/mol. The van der Waals surface area contributed by atoms with Crippen LogP contribution in [0.25, 0.3) is 5.95 Å². The first-order chi connectivity index (χ1) is 9.97. The van der Waals surface area contributed by atoms with Gasteiger partial charge in [0.2, 0.25) is 5.95 Å². The molecule has 0 aliphatic rings. The standard InChI is InChI=1S/C14H19N5O2/c1-5-18(6-2)13(21)11-8-15-19(10(11)4)14-16-9(3)7-12(20)17-14/h7-8H,5-6H2,1-4H3,(H,16,17,20). The first kappa shape index (κ1) is 15.0. The zero-order chi connectivity index (χ0) is 15.6. The average molecular weight is 289 g/mol. The summed E-state index contributed by atoms with van der Waals surface area (Å²) in [6.07, 6.45) is 1.51. The van der Waals surface area contributed by atoms with E-state index in [4.69, 9.17) is 0 Å². The summed E-state index contributed by atoms with van der Waals surface area (Å²) in [6, 6.07) is 1.41. The highest BCUT2D eigenvalue weighted by Crippen LogP contribution is 2.13. The molecule has 1 N–H and O–H groups in total. The van der Waals surface area contributed by atoms with E-state index in [-0.39, 0.29) is 11.5 Å². The Morgan fingerprint density at radius 1 is 1.33 bits per heavy atom. The monoisotopic (exact) mass is 289 g/mol. The molecule has 0 spiro atoms. The number of hydrogen-bond donors (Lipinski definition) is 1. The van der Waals surface area contributed by atoms with Gasteiger partial charge in [0.1, 0.15) is 0 Å². The zero-order valence-corrected chi connectivity index (χ0v) is 12.7. The van der Waals surface area contributed by atoms with Crippen molar-refractivity contribution in [3.63, 3.8) is 0 Å². The first-order valence-electron chi connectivity index (χ1n) is 6.90. The van der Waals surface area contributed by atoms with Crippen LogP contribution < -0.4 is 5.56 Å². The Kier molecular flexibility index (Phi) is 4.21. The molecule has 2 aromatic rings. The number of hydrogen-bond acceptors (Lipinski definition) is 4. The van der Waals surface area contributed by atoms with Crippen LogP contribution in [-0.2, 0) is 0 Å². The summed E-state index contributed by atoms with van der Waals surface area (Å²) in [7, 11) is 0.